The summed E-state index contributed by atoms with van der Waals surface area (Å²) in [7, 11) is 3.03. The van der Waals surface area contributed by atoms with Crippen molar-refractivity contribution in [3.8, 4) is 5.75 Å². The summed E-state index contributed by atoms with van der Waals surface area (Å²) in [6.07, 6.45) is 1.69. The number of hydrogen-bond donors (Lipinski definition) is 4. The fourth-order valence-electron chi connectivity index (χ4n) is 3.97. The van der Waals surface area contributed by atoms with Crippen molar-refractivity contribution in [1.29, 1.82) is 0 Å². The average Bonchev–Trinajstić information content (AvgIpc) is 3.50. The van der Waals surface area contributed by atoms with Crippen LogP contribution in [0.15, 0.2) is 54.7 Å². The van der Waals surface area contributed by atoms with Gasteiger partial charge in [0.25, 0.3) is 11.8 Å². The first-order valence-corrected chi connectivity index (χ1v) is 12.0. The summed E-state index contributed by atoms with van der Waals surface area (Å²) in [5, 5.41) is 3.59. The SMILES string of the molecule is COCCNC(=O)[C@H](c1c[nH]c2ccccc12)N(C(=O)c1snc(C(N)=O)c1N)c1cccc(OC)c1. The molecule has 37 heavy (non-hydrogen) atoms. The van der Waals surface area contributed by atoms with Crippen LogP contribution in [0.4, 0.5) is 11.4 Å². The third-order valence-corrected chi connectivity index (χ3v) is 6.58. The van der Waals surface area contributed by atoms with E-state index < -0.39 is 23.8 Å². The molecule has 0 bridgehead atoms. The zero-order chi connectivity index (χ0) is 26.5. The third-order valence-electron chi connectivity index (χ3n) is 5.73. The van der Waals surface area contributed by atoms with Crippen LogP contribution in [0.3, 0.4) is 0 Å². The molecule has 0 unspecified atom stereocenters. The number of aromatic amines is 1. The van der Waals surface area contributed by atoms with Crippen LogP contribution in [0.1, 0.15) is 31.8 Å². The lowest BCUT2D eigenvalue weighted by Gasteiger charge is -2.31. The summed E-state index contributed by atoms with van der Waals surface area (Å²) in [5.41, 5.74) is 12.9. The van der Waals surface area contributed by atoms with Gasteiger partial charge in [-0.25, -0.2) is 0 Å². The zero-order valence-electron chi connectivity index (χ0n) is 20.2. The number of nitrogen functional groups attached to an aromatic ring is 1. The van der Waals surface area contributed by atoms with Gasteiger partial charge in [-0.1, -0.05) is 24.3 Å². The van der Waals surface area contributed by atoms with Crippen molar-refractivity contribution in [2.24, 2.45) is 5.73 Å². The van der Waals surface area contributed by atoms with Gasteiger partial charge in [-0.05, 0) is 29.7 Å². The fourth-order valence-corrected chi connectivity index (χ4v) is 4.72. The molecule has 0 saturated carbocycles. The maximum absolute atomic E-state index is 14.1. The minimum atomic E-state index is -1.13. The number of anilines is 2. The lowest BCUT2D eigenvalue weighted by Crippen LogP contribution is -2.44. The molecular formula is C25H26N6O5S. The van der Waals surface area contributed by atoms with E-state index in [0.717, 1.165) is 22.4 Å². The molecule has 3 amide bonds. The fraction of sp³-hybridized carbons (Fsp3) is 0.200. The number of nitrogens with one attached hydrogen (secondary N) is 2. The molecule has 192 valence electrons. The minimum absolute atomic E-state index is 0.0221. The van der Waals surface area contributed by atoms with Crippen molar-refractivity contribution in [3.05, 3.63) is 70.9 Å². The molecule has 11 nitrogen and oxygen atoms in total. The molecule has 0 aliphatic rings. The molecular weight excluding hydrogens is 496 g/mol. The maximum atomic E-state index is 14.1. The molecule has 0 radical (unpaired) electrons. The topological polar surface area (TPSA) is 166 Å². The monoisotopic (exact) mass is 522 g/mol. The number of aromatic nitrogens is 2. The molecule has 4 aromatic rings. The number of benzene rings is 2. The van der Waals surface area contributed by atoms with Crippen LogP contribution < -0.4 is 26.4 Å². The standard InChI is InChI=1S/C25H26N6O5S/c1-35-11-10-28-24(33)21(17-13-29-18-9-4-3-8-16(17)18)31(14-6-5-7-15(12-14)36-2)25(34)22-19(26)20(23(27)32)30-37-22/h3-9,12-13,21,29H,10-11,26H2,1-2H3,(H2,27,32)(H,28,33)/t21-/m0/s1. The van der Waals surface area contributed by atoms with Gasteiger partial charge in [0, 0.05) is 48.1 Å². The summed E-state index contributed by atoms with van der Waals surface area (Å²) >= 11 is 0.739. The summed E-state index contributed by atoms with van der Waals surface area (Å²) in [6.45, 7) is 0.506. The molecule has 0 spiro atoms. The minimum Gasteiger partial charge on any atom is -0.497 e. The van der Waals surface area contributed by atoms with Crippen molar-refractivity contribution < 1.29 is 23.9 Å². The number of nitrogens with zero attached hydrogens (tertiary/aromatic N) is 2. The van der Waals surface area contributed by atoms with Crippen LogP contribution in [0.2, 0.25) is 0 Å². The number of primary amides is 1. The van der Waals surface area contributed by atoms with Crippen LogP contribution in [0.5, 0.6) is 5.75 Å². The number of para-hydroxylation sites is 1. The summed E-state index contributed by atoms with van der Waals surface area (Å²) in [5.74, 6) is -1.46. The predicted octanol–water partition coefficient (Wildman–Crippen LogP) is 2.46. The summed E-state index contributed by atoms with van der Waals surface area (Å²) in [6, 6.07) is 13.0. The second kappa shape index (κ2) is 11.1. The molecule has 0 saturated heterocycles. The maximum Gasteiger partial charge on any atom is 0.273 e. The number of hydrogen-bond acceptors (Lipinski definition) is 8. The number of H-pyrrole nitrogens is 1. The van der Waals surface area contributed by atoms with Crippen LogP contribution in [-0.4, -0.2) is 54.5 Å². The Morgan fingerprint density at radius 2 is 1.95 bits per heavy atom. The highest BCUT2D eigenvalue weighted by molar-refractivity contribution is 7.09. The average molecular weight is 523 g/mol. The van der Waals surface area contributed by atoms with E-state index in [0.29, 0.717) is 17.0 Å². The van der Waals surface area contributed by atoms with Crippen LogP contribution in [-0.2, 0) is 9.53 Å². The number of nitrogens with two attached hydrogens (primary N) is 2. The summed E-state index contributed by atoms with van der Waals surface area (Å²) < 4.78 is 14.4. The number of rotatable bonds is 10. The van der Waals surface area contributed by atoms with E-state index in [1.54, 1.807) is 30.5 Å². The Morgan fingerprint density at radius 1 is 1.16 bits per heavy atom. The Labute approximate surface area is 216 Å². The largest absolute Gasteiger partial charge is 0.497 e. The molecule has 12 heteroatoms. The van der Waals surface area contributed by atoms with E-state index in [2.05, 4.69) is 14.7 Å². The molecule has 2 heterocycles. The summed E-state index contributed by atoms with van der Waals surface area (Å²) in [4.78, 5) is 44.1. The first-order chi connectivity index (χ1) is 17.9. The molecule has 6 N–H and O–H groups in total. The molecule has 0 aliphatic heterocycles. The zero-order valence-corrected chi connectivity index (χ0v) is 21.0. The van der Waals surface area contributed by atoms with Crippen LogP contribution in [0.25, 0.3) is 10.9 Å². The Hall–Kier alpha value is -4.42. The van der Waals surface area contributed by atoms with Crippen molar-refractivity contribution in [3.63, 3.8) is 0 Å². The number of methoxy groups -OCH3 is 2. The van der Waals surface area contributed by atoms with Gasteiger partial charge in [0.1, 0.15) is 16.7 Å². The molecule has 1 atom stereocenters. The molecule has 0 aliphatic carbocycles. The predicted molar refractivity (Wildman–Crippen MR) is 141 cm³/mol. The molecule has 2 aromatic carbocycles. The lowest BCUT2D eigenvalue weighted by molar-refractivity contribution is -0.122. The highest BCUT2D eigenvalue weighted by Gasteiger charge is 2.37. The normalized spacial score (nSPS) is 11.7. The van der Waals surface area contributed by atoms with E-state index in [4.69, 9.17) is 20.9 Å². The molecule has 4 rings (SSSR count). The van der Waals surface area contributed by atoms with Gasteiger partial charge < -0.3 is 31.2 Å². The lowest BCUT2D eigenvalue weighted by atomic mass is 10.0. The Bertz CT molecular complexity index is 1450. The smallest absolute Gasteiger partial charge is 0.273 e. The van der Waals surface area contributed by atoms with Gasteiger partial charge >= 0.3 is 0 Å². The van der Waals surface area contributed by atoms with Gasteiger partial charge in [-0.2, -0.15) is 4.37 Å². The quantitative estimate of drug-likeness (QED) is 0.232. The third kappa shape index (κ3) is 5.10. The highest BCUT2D eigenvalue weighted by Crippen LogP contribution is 2.36. The van der Waals surface area contributed by atoms with Crippen LogP contribution in [0, 0.1) is 0 Å². The number of amides is 3. The molecule has 0 fully saturated rings. The second-order valence-electron chi connectivity index (χ2n) is 7.99. The number of carbonyl (C=O) groups is 3. The van der Waals surface area contributed by atoms with E-state index >= 15 is 0 Å². The molecule has 2 aromatic heterocycles. The van der Waals surface area contributed by atoms with Crippen molar-refractivity contribution in [2.75, 3.05) is 38.0 Å². The first kappa shape index (κ1) is 25.7. The second-order valence-corrected chi connectivity index (χ2v) is 8.76. The Morgan fingerprint density at radius 3 is 2.65 bits per heavy atom. The van der Waals surface area contributed by atoms with Crippen molar-refractivity contribution >= 4 is 51.5 Å². The van der Waals surface area contributed by atoms with E-state index in [1.165, 1.54) is 19.1 Å². The Balaban J connectivity index is 1.92. The van der Waals surface area contributed by atoms with Gasteiger partial charge in [0.2, 0.25) is 5.91 Å². The van der Waals surface area contributed by atoms with E-state index in [1.807, 2.05) is 24.3 Å². The number of ether oxygens (including phenoxy) is 2. The van der Waals surface area contributed by atoms with E-state index in [9.17, 15) is 14.4 Å². The van der Waals surface area contributed by atoms with Crippen molar-refractivity contribution in [2.45, 2.75) is 6.04 Å². The Kier molecular flexibility index (Phi) is 7.70. The van der Waals surface area contributed by atoms with Gasteiger partial charge in [-0.3, -0.25) is 19.3 Å². The number of fused-ring (bicyclic) bond motifs is 1. The van der Waals surface area contributed by atoms with Gasteiger partial charge in [0.05, 0.1) is 19.4 Å². The number of carbonyl (C=O) groups excluding carboxylic acids is 3. The van der Waals surface area contributed by atoms with Gasteiger partial charge in [0.15, 0.2) is 5.69 Å². The van der Waals surface area contributed by atoms with Crippen LogP contribution >= 0.6 is 11.5 Å². The van der Waals surface area contributed by atoms with E-state index in [-0.39, 0.29) is 29.4 Å². The van der Waals surface area contributed by atoms with Crippen molar-refractivity contribution in [1.82, 2.24) is 14.7 Å². The van der Waals surface area contributed by atoms with Gasteiger partial charge in [-0.15, -0.1) is 0 Å². The highest BCUT2D eigenvalue weighted by atomic mass is 32.1. The first-order valence-electron chi connectivity index (χ1n) is 11.2.